The van der Waals surface area contributed by atoms with Gasteiger partial charge in [0.25, 0.3) is 0 Å². The van der Waals surface area contributed by atoms with Crippen LogP contribution >= 0.6 is 0 Å². The Labute approximate surface area is 97.3 Å². The van der Waals surface area contributed by atoms with Crippen LogP contribution in [-0.2, 0) is 0 Å². The summed E-state index contributed by atoms with van der Waals surface area (Å²) in [6.07, 6.45) is 4.83. The molecule has 0 saturated heterocycles. The first-order valence-electron chi connectivity index (χ1n) is 5.14. The maximum absolute atomic E-state index is 9.23. The minimum atomic E-state index is -1.20. The van der Waals surface area contributed by atoms with E-state index in [0.29, 0.717) is 11.3 Å². The Balaban J connectivity index is 2.37. The first-order chi connectivity index (χ1) is 8.24. The van der Waals surface area contributed by atoms with E-state index in [1.54, 1.807) is 29.2 Å². The molecule has 2 heterocycles. The predicted molar refractivity (Wildman–Crippen MR) is 60.6 cm³/mol. The van der Waals surface area contributed by atoms with Gasteiger partial charge in [0.1, 0.15) is 11.1 Å². The fourth-order valence-corrected chi connectivity index (χ4v) is 1.47. The molecule has 0 fully saturated rings. The van der Waals surface area contributed by atoms with Gasteiger partial charge in [-0.1, -0.05) is 0 Å². The van der Waals surface area contributed by atoms with Crippen LogP contribution in [0.5, 0.6) is 0 Å². The largest absolute Gasteiger partial charge is 0.394 e. The first-order valence-corrected chi connectivity index (χ1v) is 5.14. The fourth-order valence-electron chi connectivity index (χ4n) is 1.47. The zero-order chi connectivity index (χ0) is 12.3. The summed E-state index contributed by atoms with van der Waals surface area (Å²) in [5.41, 5.74) is -0.494. The summed E-state index contributed by atoms with van der Waals surface area (Å²) in [5, 5.41) is 34.6. The standard InChI is InChI=1S/C10H14N4O3/c15-5-10(6-16,7-17)13-9-8-1-2-12-14(8)4-3-11-9/h1-4,15-17H,5-7H2,(H,11,13). The van der Waals surface area contributed by atoms with Gasteiger partial charge >= 0.3 is 0 Å². The van der Waals surface area contributed by atoms with Gasteiger partial charge < -0.3 is 20.6 Å². The molecule has 0 aliphatic rings. The van der Waals surface area contributed by atoms with E-state index in [9.17, 15) is 15.3 Å². The van der Waals surface area contributed by atoms with Gasteiger partial charge in [-0.2, -0.15) is 5.10 Å². The molecule has 0 amide bonds. The van der Waals surface area contributed by atoms with E-state index in [2.05, 4.69) is 15.4 Å². The highest BCUT2D eigenvalue weighted by atomic mass is 16.3. The quantitative estimate of drug-likeness (QED) is 0.525. The van der Waals surface area contributed by atoms with Crippen molar-refractivity contribution in [3.8, 4) is 0 Å². The van der Waals surface area contributed by atoms with Crippen molar-refractivity contribution in [2.24, 2.45) is 0 Å². The molecule has 92 valence electrons. The van der Waals surface area contributed by atoms with Crippen molar-refractivity contribution in [1.82, 2.24) is 14.6 Å². The normalized spacial score (nSPS) is 11.9. The number of nitrogens with zero attached hydrogens (tertiary/aromatic N) is 3. The van der Waals surface area contributed by atoms with Crippen LogP contribution in [0.25, 0.3) is 5.52 Å². The number of hydrogen-bond donors (Lipinski definition) is 4. The zero-order valence-electron chi connectivity index (χ0n) is 9.11. The molecule has 0 aromatic carbocycles. The predicted octanol–water partition coefficient (Wildman–Crippen LogP) is -1.14. The minimum Gasteiger partial charge on any atom is -0.394 e. The first kappa shape index (κ1) is 11.8. The van der Waals surface area contributed by atoms with Gasteiger partial charge in [-0.15, -0.1) is 0 Å². The Morgan fingerprint density at radius 3 is 2.53 bits per heavy atom. The number of anilines is 1. The van der Waals surface area contributed by atoms with Crippen LogP contribution in [0.1, 0.15) is 0 Å². The minimum absolute atomic E-state index is 0.406. The SMILES string of the molecule is OCC(CO)(CO)Nc1nccn2nccc12. The third-order valence-electron chi connectivity index (χ3n) is 2.62. The zero-order valence-corrected chi connectivity index (χ0v) is 9.11. The lowest BCUT2D eigenvalue weighted by Crippen LogP contribution is -2.49. The molecule has 0 bridgehead atoms. The number of nitrogens with one attached hydrogen (secondary N) is 1. The molecule has 17 heavy (non-hydrogen) atoms. The molecule has 0 spiro atoms. The van der Waals surface area contributed by atoms with Gasteiger partial charge in [-0.25, -0.2) is 9.50 Å². The molecule has 2 aromatic heterocycles. The number of rotatable bonds is 5. The maximum Gasteiger partial charge on any atom is 0.152 e. The van der Waals surface area contributed by atoms with E-state index in [0.717, 1.165) is 0 Å². The molecular weight excluding hydrogens is 224 g/mol. The van der Waals surface area contributed by atoms with Crippen molar-refractivity contribution in [2.75, 3.05) is 25.1 Å². The second-order valence-electron chi connectivity index (χ2n) is 3.82. The molecule has 0 aliphatic carbocycles. The summed E-state index contributed by atoms with van der Waals surface area (Å²) in [5.74, 6) is 0.446. The van der Waals surface area contributed by atoms with Gasteiger partial charge in [0, 0.05) is 12.4 Å². The van der Waals surface area contributed by atoms with Crippen LogP contribution in [-0.4, -0.2) is 55.3 Å². The molecule has 0 unspecified atom stereocenters. The third kappa shape index (κ3) is 2.07. The molecule has 0 atom stereocenters. The second-order valence-corrected chi connectivity index (χ2v) is 3.82. The molecule has 4 N–H and O–H groups in total. The maximum atomic E-state index is 9.23. The monoisotopic (exact) mass is 238 g/mol. The second kappa shape index (κ2) is 4.66. The van der Waals surface area contributed by atoms with Gasteiger partial charge in [-0.3, -0.25) is 0 Å². The summed E-state index contributed by atoms with van der Waals surface area (Å²) >= 11 is 0. The Morgan fingerprint density at radius 1 is 1.18 bits per heavy atom. The molecule has 2 rings (SSSR count). The molecule has 2 aromatic rings. The van der Waals surface area contributed by atoms with Crippen molar-refractivity contribution in [1.29, 1.82) is 0 Å². The molecule has 7 heteroatoms. The lowest BCUT2D eigenvalue weighted by atomic mass is 10.0. The van der Waals surface area contributed by atoms with E-state index in [4.69, 9.17) is 0 Å². The summed E-state index contributed by atoms with van der Waals surface area (Å²) in [4.78, 5) is 4.10. The van der Waals surface area contributed by atoms with Crippen molar-refractivity contribution in [2.45, 2.75) is 5.54 Å². The Morgan fingerprint density at radius 2 is 1.88 bits per heavy atom. The van der Waals surface area contributed by atoms with Crippen LogP contribution in [0.3, 0.4) is 0 Å². The Bertz CT molecular complexity index is 487. The lowest BCUT2D eigenvalue weighted by Gasteiger charge is -2.29. The van der Waals surface area contributed by atoms with Crippen molar-refractivity contribution in [3.63, 3.8) is 0 Å². The average molecular weight is 238 g/mol. The summed E-state index contributed by atoms with van der Waals surface area (Å²) in [7, 11) is 0. The summed E-state index contributed by atoms with van der Waals surface area (Å²) in [6.45, 7) is -1.22. The van der Waals surface area contributed by atoms with E-state index >= 15 is 0 Å². The van der Waals surface area contributed by atoms with E-state index in [1.807, 2.05) is 0 Å². The fraction of sp³-hybridized carbons (Fsp3) is 0.400. The van der Waals surface area contributed by atoms with Crippen molar-refractivity contribution >= 4 is 11.3 Å². The van der Waals surface area contributed by atoms with Crippen LogP contribution in [0.4, 0.5) is 5.82 Å². The molecule has 7 nitrogen and oxygen atoms in total. The number of aromatic nitrogens is 3. The summed E-state index contributed by atoms with van der Waals surface area (Å²) in [6, 6.07) is 1.74. The number of hydrogen-bond acceptors (Lipinski definition) is 6. The highest BCUT2D eigenvalue weighted by Crippen LogP contribution is 2.17. The van der Waals surface area contributed by atoms with E-state index < -0.39 is 25.4 Å². The smallest absolute Gasteiger partial charge is 0.152 e. The van der Waals surface area contributed by atoms with Crippen LogP contribution < -0.4 is 5.32 Å². The highest BCUT2D eigenvalue weighted by Gasteiger charge is 2.28. The average Bonchev–Trinajstić information content (AvgIpc) is 2.85. The van der Waals surface area contributed by atoms with Crippen LogP contribution in [0, 0.1) is 0 Å². The van der Waals surface area contributed by atoms with Crippen LogP contribution in [0.2, 0.25) is 0 Å². The van der Waals surface area contributed by atoms with Crippen molar-refractivity contribution in [3.05, 3.63) is 24.7 Å². The molecular formula is C10H14N4O3. The van der Waals surface area contributed by atoms with E-state index in [1.165, 1.54) is 0 Å². The topological polar surface area (TPSA) is 103 Å². The van der Waals surface area contributed by atoms with Gasteiger partial charge in [0.05, 0.1) is 26.0 Å². The Kier molecular flexibility index (Phi) is 3.23. The summed E-state index contributed by atoms with van der Waals surface area (Å²) < 4.78 is 1.60. The third-order valence-corrected chi connectivity index (χ3v) is 2.62. The number of aliphatic hydroxyl groups is 3. The molecule has 0 saturated carbocycles. The van der Waals surface area contributed by atoms with Crippen molar-refractivity contribution < 1.29 is 15.3 Å². The Hall–Kier alpha value is -1.70. The molecule has 0 aliphatic heterocycles. The van der Waals surface area contributed by atoms with E-state index in [-0.39, 0.29) is 0 Å². The molecule has 0 radical (unpaired) electrons. The van der Waals surface area contributed by atoms with Gasteiger partial charge in [0.2, 0.25) is 0 Å². The lowest BCUT2D eigenvalue weighted by molar-refractivity contribution is 0.0832. The van der Waals surface area contributed by atoms with Gasteiger partial charge in [-0.05, 0) is 6.07 Å². The van der Waals surface area contributed by atoms with Crippen LogP contribution in [0.15, 0.2) is 24.7 Å². The number of aliphatic hydroxyl groups excluding tert-OH is 3. The van der Waals surface area contributed by atoms with Gasteiger partial charge in [0.15, 0.2) is 5.82 Å². The number of fused-ring (bicyclic) bond motifs is 1. The highest BCUT2D eigenvalue weighted by molar-refractivity contribution is 5.67.